The number of nitrogens with two attached hydrogens (primary N) is 1. The van der Waals surface area contributed by atoms with Crippen LogP contribution in [0.4, 0.5) is 5.69 Å². The van der Waals surface area contributed by atoms with Crippen LogP contribution in [0.5, 0.6) is 0 Å². The highest BCUT2D eigenvalue weighted by atomic mass is 16.3. The zero-order valence-electron chi connectivity index (χ0n) is 12.1. The zero-order chi connectivity index (χ0) is 13.9. The fourth-order valence-corrected chi connectivity index (χ4v) is 3.15. The van der Waals surface area contributed by atoms with Crippen molar-refractivity contribution in [2.45, 2.75) is 38.2 Å². The molecule has 1 aliphatic rings. The van der Waals surface area contributed by atoms with Crippen molar-refractivity contribution in [3.8, 4) is 0 Å². The van der Waals surface area contributed by atoms with E-state index in [4.69, 9.17) is 5.73 Å². The Bertz CT molecular complexity index is 421. The van der Waals surface area contributed by atoms with Gasteiger partial charge in [-0.15, -0.1) is 0 Å². The van der Waals surface area contributed by atoms with Gasteiger partial charge >= 0.3 is 0 Å². The summed E-state index contributed by atoms with van der Waals surface area (Å²) in [6.07, 6.45) is 4.09. The molecular formula is C16H26N2O. The second-order valence-corrected chi connectivity index (χ2v) is 5.95. The molecule has 2 unspecified atom stereocenters. The zero-order valence-corrected chi connectivity index (χ0v) is 12.1. The quantitative estimate of drug-likeness (QED) is 0.856. The molecule has 106 valence electrons. The van der Waals surface area contributed by atoms with Gasteiger partial charge in [0, 0.05) is 25.8 Å². The molecule has 0 aliphatic heterocycles. The van der Waals surface area contributed by atoms with Crippen LogP contribution in [0.25, 0.3) is 0 Å². The van der Waals surface area contributed by atoms with Crippen LogP contribution in [0.2, 0.25) is 0 Å². The Balaban J connectivity index is 1.92. The van der Waals surface area contributed by atoms with E-state index in [1.165, 1.54) is 11.3 Å². The summed E-state index contributed by atoms with van der Waals surface area (Å²) < 4.78 is 0. The van der Waals surface area contributed by atoms with Crippen molar-refractivity contribution in [3.05, 3.63) is 29.8 Å². The number of rotatable bonds is 5. The van der Waals surface area contributed by atoms with Crippen LogP contribution >= 0.6 is 0 Å². The van der Waals surface area contributed by atoms with E-state index in [1.807, 2.05) is 0 Å². The monoisotopic (exact) mass is 262 g/mol. The van der Waals surface area contributed by atoms with Crippen LogP contribution in [-0.4, -0.2) is 30.8 Å². The van der Waals surface area contributed by atoms with E-state index in [2.05, 4.69) is 43.1 Å². The van der Waals surface area contributed by atoms with Crippen molar-refractivity contribution in [3.63, 3.8) is 0 Å². The first-order valence-electron chi connectivity index (χ1n) is 7.25. The Kier molecular flexibility index (Phi) is 4.48. The molecule has 1 aromatic carbocycles. The molecule has 3 heteroatoms. The van der Waals surface area contributed by atoms with Gasteiger partial charge < -0.3 is 15.7 Å². The number of aryl methyl sites for hydroxylation is 1. The van der Waals surface area contributed by atoms with E-state index in [1.54, 1.807) is 0 Å². The first-order chi connectivity index (χ1) is 9.05. The van der Waals surface area contributed by atoms with Gasteiger partial charge in [0.1, 0.15) is 0 Å². The smallest absolute Gasteiger partial charge is 0.0798 e. The van der Waals surface area contributed by atoms with Gasteiger partial charge in [-0.25, -0.2) is 0 Å². The second-order valence-electron chi connectivity index (χ2n) is 5.95. The van der Waals surface area contributed by atoms with Gasteiger partial charge in [0.2, 0.25) is 0 Å². The predicted octanol–water partition coefficient (Wildman–Crippen LogP) is 2.31. The fraction of sp³-hybridized carbons (Fsp3) is 0.625. The summed E-state index contributed by atoms with van der Waals surface area (Å²) in [7, 11) is 2.12. The standard InChI is InChI=1S/C16H26N2O/c1-13-5-3-7-15(11-13)18(2)10-8-14-6-4-9-16(14,19)12-17/h3,5,7,11,14,19H,4,6,8-10,12,17H2,1-2H3. The van der Waals surface area contributed by atoms with Crippen molar-refractivity contribution in [2.24, 2.45) is 11.7 Å². The van der Waals surface area contributed by atoms with E-state index in [0.717, 1.165) is 32.2 Å². The second kappa shape index (κ2) is 5.93. The molecule has 0 radical (unpaired) electrons. The van der Waals surface area contributed by atoms with Crippen LogP contribution in [0, 0.1) is 12.8 Å². The highest BCUT2D eigenvalue weighted by molar-refractivity contribution is 5.47. The average Bonchev–Trinajstić information content (AvgIpc) is 2.78. The largest absolute Gasteiger partial charge is 0.388 e. The summed E-state index contributed by atoms with van der Waals surface area (Å²) in [6, 6.07) is 8.54. The third-order valence-corrected chi connectivity index (χ3v) is 4.53. The number of nitrogens with zero attached hydrogens (tertiary/aromatic N) is 1. The van der Waals surface area contributed by atoms with Gasteiger partial charge in [-0.05, 0) is 49.8 Å². The molecular weight excluding hydrogens is 236 g/mol. The van der Waals surface area contributed by atoms with Crippen molar-refractivity contribution in [2.75, 3.05) is 25.0 Å². The minimum absolute atomic E-state index is 0.352. The van der Waals surface area contributed by atoms with E-state index < -0.39 is 5.60 Å². The van der Waals surface area contributed by atoms with E-state index in [-0.39, 0.29) is 0 Å². The van der Waals surface area contributed by atoms with Gasteiger partial charge in [-0.3, -0.25) is 0 Å². The molecule has 3 N–H and O–H groups in total. The molecule has 0 heterocycles. The SMILES string of the molecule is Cc1cccc(N(C)CCC2CCCC2(O)CN)c1. The molecule has 1 aliphatic carbocycles. The Hall–Kier alpha value is -1.06. The molecule has 0 amide bonds. The Morgan fingerprint density at radius 1 is 1.47 bits per heavy atom. The van der Waals surface area contributed by atoms with Gasteiger partial charge in [0.25, 0.3) is 0 Å². The molecule has 1 saturated carbocycles. The molecule has 2 atom stereocenters. The Morgan fingerprint density at radius 3 is 2.95 bits per heavy atom. The van der Waals surface area contributed by atoms with E-state index in [9.17, 15) is 5.11 Å². The van der Waals surface area contributed by atoms with Crippen LogP contribution in [-0.2, 0) is 0 Å². The van der Waals surface area contributed by atoms with Crippen LogP contribution in [0.15, 0.2) is 24.3 Å². The number of hydrogen-bond acceptors (Lipinski definition) is 3. The first kappa shape index (κ1) is 14.4. The molecule has 0 aromatic heterocycles. The highest BCUT2D eigenvalue weighted by Crippen LogP contribution is 2.37. The maximum Gasteiger partial charge on any atom is 0.0798 e. The lowest BCUT2D eigenvalue weighted by atomic mass is 9.88. The van der Waals surface area contributed by atoms with Crippen molar-refractivity contribution >= 4 is 5.69 Å². The third-order valence-electron chi connectivity index (χ3n) is 4.53. The van der Waals surface area contributed by atoms with E-state index in [0.29, 0.717) is 12.5 Å². The molecule has 19 heavy (non-hydrogen) atoms. The van der Waals surface area contributed by atoms with Crippen LogP contribution < -0.4 is 10.6 Å². The topological polar surface area (TPSA) is 49.5 Å². The lowest BCUT2D eigenvalue weighted by Crippen LogP contribution is -2.42. The summed E-state index contributed by atoms with van der Waals surface area (Å²) in [5, 5.41) is 10.4. The minimum Gasteiger partial charge on any atom is -0.388 e. The summed E-state index contributed by atoms with van der Waals surface area (Å²) in [5.41, 5.74) is 7.64. The van der Waals surface area contributed by atoms with Crippen molar-refractivity contribution in [1.29, 1.82) is 0 Å². The highest BCUT2D eigenvalue weighted by Gasteiger charge is 2.39. The van der Waals surface area contributed by atoms with Crippen LogP contribution in [0.3, 0.4) is 0 Å². The number of anilines is 1. The Labute approximate surface area is 116 Å². The first-order valence-corrected chi connectivity index (χ1v) is 7.25. The summed E-state index contributed by atoms with van der Waals surface area (Å²) >= 11 is 0. The van der Waals surface area contributed by atoms with Crippen LogP contribution in [0.1, 0.15) is 31.2 Å². The number of benzene rings is 1. The third kappa shape index (κ3) is 3.28. The number of aliphatic hydroxyl groups is 1. The summed E-state index contributed by atoms with van der Waals surface area (Å²) in [5.74, 6) is 0.352. The van der Waals surface area contributed by atoms with Gasteiger partial charge in [-0.2, -0.15) is 0 Å². The van der Waals surface area contributed by atoms with Crippen molar-refractivity contribution < 1.29 is 5.11 Å². The summed E-state index contributed by atoms with van der Waals surface area (Å²) in [4.78, 5) is 2.27. The Morgan fingerprint density at radius 2 is 2.26 bits per heavy atom. The van der Waals surface area contributed by atoms with Gasteiger partial charge in [-0.1, -0.05) is 18.6 Å². The molecule has 0 saturated heterocycles. The van der Waals surface area contributed by atoms with Gasteiger partial charge in [0.05, 0.1) is 5.60 Å². The molecule has 2 rings (SSSR count). The minimum atomic E-state index is -0.618. The normalized spacial score (nSPS) is 26.6. The lowest BCUT2D eigenvalue weighted by molar-refractivity contribution is 0.00896. The lowest BCUT2D eigenvalue weighted by Gasteiger charge is -2.30. The van der Waals surface area contributed by atoms with Gasteiger partial charge in [0.15, 0.2) is 0 Å². The predicted molar refractivity (Wildman–Crippen MR) is 80.4 cm³/mol. The van der Waals surface area contributed by atoms with E-state index >= 15 is 0 Å². The molecule has 1 aromatic rings. The molecule has 0 spiro atoms. The molecule has 3 nitrogen and oxygen atoms in total. The maximum atomic E-state index is 10.4. The summed E-state index contributed by atoms with van der Waals surface area (Å²) in [6.45, 7) is 3.48. The molecule has 1 fully saturated rings. The maximum absolute atomic E-state index is 10.4. The van der Waals surface area contributed by atoms with Crippen molar-refractivity contribution in [1.82, 2.24) is 0 Å². The fourth-order valence-electron chi connectivity index (χ4n) is 3.15. The molecule has 0 bridgehead atoms. The number of hydrogen-bond donors (Lipinski definition) is 2. The average molecular weight is 262 g/mol.